The minimum Gasteiger partial charge on any atom is -0.478 e. The number of nitrogens with zero attached hydrogens (tertiary/aromatic N) is 2. The van der Waals surface area contributed by atoms with Crippen LogP contribution in [0.3, 0.4) is 0 Å². The van der Waals surface area contributed by atoms with Crippen LogP contribution in [0.15, 0.2) is 24.5 Å². The van der Waals surface area contributed by atoms with E-state index in [9.17, 15) is 14.1 Å². The van der Waals surface area contributed by atoms with E-state index in [-0.39, 0.29) is 10.8 Å². The van der Waals surface area contributed by atoms with Crippen LogP contribution in [-0.2, 0) is 17.3 Å². The highest BCUT2D eigenvalue weighted by Crippen LogP contribution is 2.19. The van der Waals surface area contributed by atoms with Crippen molar-refractivity contribution in [3.8, 4) is 0 Å². The highest BCUT2D eigenvalue weighted by Gasteiger charge is 2.14. The SMILES string of the molecule is CC(CCn1cnc2cccc(C(=O)O)c21)S(C)=O. The first-order valence-corrected chi connectivity index (χ1v) is 7.62. The second-order valence-electron chi connectivity index (χ2n) is 4.51. The third-order valence-electron chi connectivity index (χ3n) is 3.21. The number of hydrogen-bond acceptors (Lipinski definition) is 3. The van der Waals surface area contributed by atoms with Gasteiger partial charge in [-0.3, -0.25) is 4.21 Å². The van der Waals surface area contributed by atoms with Gasteiger partial charge in [0.05, 0.1) is 22.9 Å². The quantitative estimate of drug-likeness (QED) is 0.907. The molecule has 0 amide bonds. The van der Waals surface area contributed by atoms with E-state index in [0.717, 1.165) is 6.42 Å². The van der Waals surface area contributed by atoms with Crippen LogP contribution >= 0.6 is 0 Å². The summed E-state index contributed by atoms with van der Waals surface area (Å²) in [6, 6.07) is 5.05. The standard InChI is InChI=1S/C13H16N2O3S/c1-9(19(2)18)6-7-15-8-14-11-5-3-4-10(12(11)15)13(16)17/h3-5,8-9H,6-7H2,1-2H3,(H,16,17). The molecule has 2 unspecified atom stereocenters. The van der Waals surface area contributed by atoms with Crippen molar-refractivity contribution < 1.29 is 14.1 Å². The summed E-state index contributed by atoms with van der Waals surface area (Å²) >= 11 is 0. The molecule has 2 atom stereocenters. The smallest absolute Gasteiger partial charge is 0.337 e. The maximum absolute atomic E-state index is 11.3. The predicted molar refractivity (Wildman–Crippen MR) is 74.8 cm³/mol. The van der Waals surface area contributed by atoms with Crippen molar-refractivity contribution in [3.63, 3.8) is 0 Å². The number of fused-ring (bicyclic) bond motifs is 1. The minimum absolute atomic E-state index is 0.0782. The number of carboxylic acids is 1. The molecule has 2 aromatic rings. The largest absolute Gasteiger partial charge is 0.478 e. The molecule has 0 radical (unpaired) electrons. The number of benzene rings is 1. The van der Waals surface area contributed by atoms with Gasteiger partial charge in [0.2, 0.25) is 0 Å². The van der Waals surface area contributed by atoms with Gasteiger partial charge in [-0.2, -0.15) is 0 Å². The molecule has 6 heteroatoms. The summed E-state index contributed by atoms with van der Waals surface area (Å²) in [7, 11) is -0.870. The first kappa shape index (κ1) is 13.7. The molecule has 1 heterocycles. The molecule has 0 fully saturated rings. The number of aromatic carboxylic acids is 1. The molecule has 0 saturated carbocycles. The van der Waals surface area contributed by atoms with Crippen molar-refractivity contribution in [2.75, 3.05) is 6.26 Å². The van der Waals surface area contributed by atoms with Crippen molar-refractivity contribution >= 4 is 27.8 Å². The fraction of sp³-hybridized carbons (Fsp3) is 0.385. The molecule has 2 rings (SSSR count). The minimum atomic E-state index is -0.959. The van der Waals surface area contributed by atoms with Gasteiger partial charge in [-0.15, -0.1) is 0 Å². The van der Waals surface area contributed by atoms with Crippen LogP contribution in [0.4, 0.5) is 0 Å². The Kier molecular flexibility index (Phi) is 3.99. The van der Waals surface area contributed by atoms with Gasteiger partial charge in [0.25, 0.3) is 0 Å². The van der Waals surface area contributed by atoms with Gasteiger partial charge in [-0.1, -0.05) is 13.0 Å². The van der Waals surface area contributed by atoms with Crippen LogP contribution in [0, 0.1) is 0 Å². The van der Waals surface area contributed by atoms with E-state index in [2.05, 4.69) is 4.98 Å². The zero-order valence-corrected chi connectivity index (χ0v) is 11.7. The Morgan fingerprint density at radius 3 is 2.89 bits per heavy atom. The molecular weight excluding hydrogens is 264 g/mol. The number of carbonyl (C=O) groups is 1. The predicted octanol–water partition coefficient (Wildman–Crippen LogP) is 1.89. The number of para-hydroxylation sites is 1. The molecule has 0 bridgehead atoms. The maximum Gasteiger partial charge on any atom is 0.337 e. The third kappa shape index (κ3) is 2.84. The Labute approximate surface area is 113 Å². The van der Waals surface area contributed by atoms with E-state index in [0.29, 0.717) is 17.6 Å². The molecule has 0 aliphatic rings. The molecule has 5 nitrogen and oxygen atoms in total. The van der Waals surface area contributed by atoms with Gasteiger partial charge in [0.15, 0.2) is 0 Å². The van der Waals surface area contributed by atoms with Crippen LogP contribution in [-0.4, -0.2) is 36.3 Å². The molecular formula is C13H16N2O3S. The summed E-state index contributed by atoms with van der Waals surface area (Å²) in [6.45, 7) is 2.54. The first-order chi connectivity index (χ1) is 9.00. The number of hydrogen-bond donors (Lipinski definition) is 1. The van der Waals surface area contributed by atoms with Gasteiger partial charge in [0.1, 0.15) is 0 Å². The van der Waals surface area contributed by atoms with E-state index >= 15 is 0 Å². The summed E-state index contributed by atoms with van der Waals surface area (Å²) in [4.78, 5) is 15.4. The van der Waals surface area contributed by atoms with Gasteiger partial charge in [0, 0.05) is 28.9 Å². The summed E-state index contributed by atoms with van der Waals surface area (Å²) in [6.07, 6.45) is 4.05. The Morgan fingerprint density at radius 1 is 1.53 bits per heavy atom. The Balaban J connectivity index is 2.34. The van der Waals surface area contributed by atoms with E-state index in [4.69, 9.17) is 0 Å². The molecule has 1 N–H and O–H groups in total. The molecule has 1 aromatic carbocycles. The normalized spacial score (nSPS) is 14.4. The van der Waals surface area contributed by atoms with E-state index in [1.54, 1.807) is 30.8 Å². The lowest BCUT2D eigenvalue weighted by atomic mass is 10.2. The van der Waals surface area contributed by atoms with Crippen LogP contribution in [0.5, 0.6) is 0 Å². The van der Waals surface area contributed by atoms with Crippen LogP contribution in [0.25, 0.3) is 11.0 Å². The van der Waals surface area contributed by atoms with Crippen LogP contribution < -0.4 is 0 Å². The highest BCUT2D eigenvalue weighted by atomic mass is 32.2. The molecule has 0 saturated heterocycles. The molecule has 1 aromatic heterocycles. The zero-order valence-electron chi connectivity index (χ0n) is 10.9. The van der Waals surface area contributed by atoms with Crippen molar-refractivity contribution in [2.45, 2.75) is 25.1 Å². The Bertz CT molecular complexity index is 636. The Hall–Kier alpha value is -1.69. The lowest BCUT2D eigenvalue weighted by Gasteiger charge is -2.10. The molecule has 19 heavy (non-hydrogen) atoms. The van der Waals surface area contributed by atoms with E-state index in [1.165, 1.54) is 0 Å². The third-order valence-corrected chi connectivity index (χ3v) is 4.58. The van der Waals surface area contributed by atoms with Gasteiger partial charge in [-0.05, 0) is 18.6 Å². The monoisotopic (exact) mass is 280 g/mol. The van der Waals surface area contributed by atoms with Crippen molar-refractivity contribution in [1.29, 1.82) is 0 Å². The van der Waals surface area contributed by atoms with Gasteiger partial charge < -0.3 is 9.67 Å². The number of carboxylic acid groups (broad SMARTS) is 1. The average molecular weight is 280 g/mol. The topological polar surface area (TPSA) is 72.2 Å². The van der Waals surface area contributed by atoms with Crippen molar-refractivity contribution in [2.24, 2.45) is 0 Å². The van der Waals surface area contributed by atoms with Gasteiger partial charge in [-0.25, -0.2) is 9.78 Å². The maximum atomic E-state index is 11.3. The van der Waals surface area contributed by atoms with E-state index in [1.807, 2.05) is 11.5 Å². The van der Waals surface area contributed by atoms with E-state index < -0.39 is 16.8 Å². The average Bonchev–Trinajstić information content (AvgIpc) is 2.78. The lowest BCUT2D eigenvalue weighted by Crippen LogP contribution is -2.13. The fourth-order valence-corrected chi connectivity index (χ4v) is 2.39. The number of aromatic nitrogens is 2. The highest BCUT2D eigenvalue weighted by molar-refractivity contribution is 7.84. The summed E-state index contributed by atoms with van der Waals surface area (Å²) in [5, 5.41) is 9.28. The summed E-state index contributed by atoms with van der Waals surface area (Å²) in [5.41, 5.74) is 1.55. The molecule has 0 spiro atoms. The first-order valence-electron chi connectivity index (χ1n) is 6.00. The molecule has 0 aliphatic carbocycles. The zero-order chi connectivity index (χ0) is 14.0. The molecule has 102 valence electrons. The number of imidazole rings is 1. The second kappa shape index (κ2) is 5.52. The fourth-order valence-electron chi connectivity index (χ4n) is 1.96. The Morgan fingerprint density at radius 2 is 2.26 bits per heavy atom. The number of rotatable bonds is 5. The number of aryl methyl sites for hydroxylation is 1. The van der Waals surface area contributed by atoms with Crippen molar-refractivity contribution in [1.82, 2.24) is 9.55 Å². The molecule has 0 aliphatic heterocycles. The van der Waals surface area contributed by atoms with Crippen LogP contribution in [0.1, 0.15) is 23.7 Å². The summed E-state index contributed by atoms with van der Waals surface area (Å²) < 4.78 is 13.2. The van der Waals surface area contributed by atoms with Gasteiger partial charge >= 0.3 is 5.97 Å². The second-order valence-corrected chi connectivity index (χ2v) is 6.32. The lowest BCUT2D eigenvalue weighted by molar-refractivity contribution is 0.0698. The van der Waals surface area contributed by atoms with Crippen LogP contribution in [0.2, 0.25) is 0 Å². The van der Waals surface area contributed by atoms with Crippen molar-refractivity contribution in [3.05, 3.63) is 30.1 Å². The summed E-state index contributed by atoms with van der Waals surface area (Å²) in [5.74, 6) is -0.959.